The molecule has 0 unspecified atom stereocenters. The number of methoxy groups -OCH3 is 1. The average Bonchev–Trinajstić information content (AvgIpc) is 2.38. The smallest absolute Gasteiger partial charge is 0.245 e. The molecule has 0 aliphatic heterocycles. The van der Waals surface area contributed by atoms with Gasteiger partial charge in [-0.3, -0.25) is 0 Å². The number of nitrogens with zero attached hydrogens (tertiary/aromatic N) is 1. The predicted octanol–water partition coefficient (Wildman–Crippen LogP) is 0.515. The highest BCUT2D eigenvalue weighted by Crippen LogP contribution is 2.25. The van der Waals surface area contributed by atoms with E-state index < -0.39 is 10.0 Å². The normalized spacial score (nSPS) is 12.1. The highest BCUT2D eigenvalue weighted by Gasteiger charge is 2.26. The maximum atomic E-state index is 12.6. The van der Waals surface area contributed by atoms with E-state index in [0.717, 1.165) is 11.1 Å². The number of rotatable bonds is 7. The molecule has 0 aliphatic carbocycles. The number of hydrogen-bond donors (Lipinski definition) is 2. The lowest BCUT2D eigenvalue weighted by molar-refractivity contribution is 0.168. The third kappa shape index (κ3) is 3.69. The number of sulfonamides is 1. The molecule has 0 atom stereocenters. The van der Waals surface area contributed by atoms with Crippen molar-refractivity contribution < 1.29 is 18.3 Å². The summed E-state index contributed by atoms with van der Waals surface area (Å²) in [4.78, 5) is 0.0742. The maximum Gasteiger partial charge on any atom is 0.245 e. The molecule has 0 radical (unpaired) electrons. The Morgan fingerprint density at radius 3 is 2.40 bits per heavy atom. The van der Waals surface area contributed by atoms with Crippen molar-refractivity contribution in [2.75, 3.05) is 39.1 Å². The number of aliphatic hydroxyl groups excluding tert-OH is 1. The van der Waals surface area contributed by atoms with Gasteiger partial charge in [0.15, 0.2) is 0 Å². The van der Waals surface area contributed by atoms with Gasteiger partial charge in [-0.05, 0) is 37.1 Å². The molecular weight excluding hydrogens is 280 g/mol. The third-order valence-electron chi connectivity index (χ3n) is 3.14. The van der Waals surface area contributed by atoms with Crippen LogP contribution in [0.2, 0.25) is 0 Å². The molecule has 1 aromatic rings. The van der Waals surface area contributed by atoms with Crippen LogP contribution in [0.5, 0.6) is 0 Å². The lowest BCUT2D eigenvalue weighted by Crippen LogP contribution is -2.36. The second kappa shape index (κ2) is 7.03. The molecule has 0 spiro atoms. The summed E-state index contributed by atoms with van der Waals surface area (Å²) in [5.41, 5.74) is 7.85. The molecule has 0 amide bonds. The Hall–Kier alpha value is -1.15. The number of hydrogen-bond acceptors (Lipinski definition) is 5. The van der Waals surface area contributed by atoms with Crippen molar-refractivity contribution in [3.8, 4) is 0 Å². The third-order valence-corrected chi connectivity index (χ3v) is 5.09. The van der Waals surface area contributed by atoms with Crippen LogP contribution in [-0.2, 0) is 14.8 Å². The molecule has 0 bridgehead atoms. The van der Waals surface area contributed by atoms with E-state index in [1.165, 1.54) is 11.4 Å². The second-order valence-corrected chi connectivity index (χ2v) is 6.50. The maximum absolute atomic E-state index is 12.6. The monoisotopic (exact) mass is 302 g/mol. The van der Waals surface area contributed by atoms with Crippen LogP contribution in [0, 0.1) is 13.8 Å². The summed E-state index contributed by atoms with van der Waals surface area (Å²) in [6, 6.07) is 3.22. The van der Waals surface area contributed by atoms with Crippen LogP contribution in [0.3, 0.4) is 0 Å². The van der Waals surface area contributed by atoms with Crippen molar-refractivity contribution in [1.29, 1.82) is 0 Å². The van der Waals surface area contributed by atoms with E-state index in [-0.39, 0.29) is 36.9 Å². The zero-order valence-corrected chi connectivity index (χ0v) is 12.9. The van der Waals surface area contributed by atoms with E-state index in [0.29, 0.717) is 0 Å². The molecular formula is C13H22N2O4S. The highest BCUT2D eigenvalue weighted by molar-refractivity contribution is 7.89. The van der Waals surface area contributed by atoms with E-state index in [4.69, 9.17) is 15.6 Å². The minimum absolute atomic E-state index is 0.0120. The summed E-state index contributed by atoms with van der Waals surface area (Å²) in [7, 11) is -2.24. The van der Waals surface area contributed by atoms with Gasteiger partial charge >= 0.3 is 0 Å². The average molecular weight is 302 g/mol. The summed E-state index contributed by atoms with van der Waals surface area (Å²) >= 11 is 0. The number of aryl methyl sites for hydroxylation is 2. The molecule has 0 saturated heterocycles. The Morgan fingerprint density at radius 1 is 1.25 bits per heavy atom. The van der Waals surface area contributed by atoms with E-state index in [1.807, 2.05) is 13.8 Å². The molecule has 0 aromatic heterocycles. The first-order chi connectivity index (χ1) is 9.34. The van der Waals surface area contributed by atoms with E-state index >= 15 is 0 Å². The first-order valence-corrected chi connectivity index (χ1v) is 7.75. The number of nitrogens with two attached hydrogens (primary N) is 1. The fourth-order valence-corrected chi connectivity index (χ4v) is 3.43. The number of anilines is 1. The Labute approximate surface area is 120 Å². The zero-order chi connectivity index (χ0) is 15.3. The summed E-state index contributed by atoms with van der Waals surface area (Å²) in [6.45, 7) is 3.89. The van der Waals surface area contributed by atoms with Crippen LogP contribution < -0.4 is 5.73 Å². The van der Waals surface area contributed by atoms with Crippen molar-refractivity contribution in [3.63, 3.8) is 0 Å². The predicted molar refractivity (Wildman–Crippen MR) is 78.0 cm³/mol. The van der Waals surface area contributed by atoms with Gasteiger partial charge in [0.05, 0.1) is 18.9 Å². The highest BCUT2D eigenvalue weighted by atomic mass is 32.2. The van der Waals surface area contributed by atoms with Crippen molar-refractivity contribution in [3.05, 3.63) is 23.3 Å². The van der Waals surface area contributed by atoms with Gasteiger partial charge in [-0.2, -0.15) is 4.31 Å². The molecule has 114 valence electrons. The number of nitrogen functional groups attached to an aromatic ring is 1. The van der Waals surface area contributed by atoms with Gasteiger partial charge in [0.25, 0.3) is 0 Å². The van der Waals surface area contributed by atoms with Crippen LogP contribution in [-0.4, -0.2) is 51.2 Å². The molecule has 0 fully saturated rings. The number of aliphatic hydroxyl groups is 1. The van der Waals surface area contributed by atoms with Gasteiger partial charge in [-0.1, -0.05) is 0 Å². The van der Waals surface area contributed by atoms with Crippen molar-refractivity contribution >= 4 is 15.7 Å². The SMILES string of the molecule is COCCN(CCO)S(=O)(=O)c1cc(C)c(C)cc1N. The van der Waals surface area contributed by atoms with E-state index in [9.17, 15) is 8.42 Å². The van der Waals surface area contributed by atoms with Crippen LogP contribution in [0.4, 0.5) is 5.69 Å². The van der Waals surface area contributed by atoms with Crippen molar-refractivity contribution in [1.82, 2.24) is 4.31 Å². The zero-order valence-electron chi connectivity index (χ0n) is 12.1. The Bertz CT molecular complexity index is 558. The lowest BCUT2D eigenvalue weighted by atomic mass is 10.1. The molecule has 1 rings (SSSR count). The van der Waals surface area contributed by atoms with Crippen LogP contribution in [0.1, 0.15) is 11.1 Å². The van der Waals surface area contributed by atoms with Gasteiger partial charge in [0.1, 0.15) is 4.90 Å². The molecule has 1 aromatic carbocycles. The molecule has 0 aliphatic rings. The summed E-state index contributed by atoms with van der Waals surface area (Å²) in [6.07, 6.45) is 0. The quantitative estimate of drug-likeness (QED) is 0.716. The topological polar surface area (TPSA) is 92.9 Å². The summed E-state index contributed by atoms with van der Waals surface area (Å²) in [5.74, 6) is 0. The minimum atomic E-state index is -3.74. The van der Waals surface area contributed by atoms with Gasteiger partial charge in [0.2, 0.25) is 10.0 Å². The lowest BCUT2D eigenvalue weighted by Gasteiger charge is -2.22. The fraction of sp³-hybridized carbons (Fsp3) is 0.538. The minimum Gasteiger partial charge on any atom is -0.398 e. The molecule has 20 heavy (non-hydrogen) atoms. The molecule has 0 heterocycles. The summed E-state index contributed by atoms with van der Waals surface area (Å²) in [5, 5.41) is 9.04. The van der Waals surface area contributed by atoms with Crippen LogP contribution in [0.15, 0.2) is 17.0 Å². The Morgan fingerprint density at radius 2 is 1.85 bits per heavy atom. The fourth-order valence-electron chi connectivity index (χ4n) is 1.83. The first kappa shape index (κ1) is 16.9. The molecule has 7 heteroatoms. The molecule has 3 N–H and O–H groups in total. The van der Waals surface area contributed by atoms with Gasteiger partial charge in [-0.15, -0.1) is 0 Å². The van der Waals surface area contributed by atoms with Gasteiger partial charge < -0.3 is 15.6 Å². The Kier molecular flexibility index (Phi) is 5.94. The van der Waals surface area contributed by atoms with E-state index in [2.05, 4.69) is 0 Å². The Balaban J connectivity index is 3.22. The van der Waals surface area contributed by atoms with Crippen LogP contribution >= 0.6 is 0 Å². The van der Waals surface area contributed by atoms with E-state index in [1.54, 1.807) is 12.1 Å². The van der Waals surface area contributed by atoms with Crippen LogP contribution in [0.25, 0.3) is 0 Å². The van der Waals surface area contributed by atoms with Gasteiger partial charge in [0, 0.05) is 20.2 Å². The first-order valence-electron chi connectivity index (χ1n) is 6.31. The number of ether oxygens (including phenoxy) is 1. The van der Waals surface area contributed by atoms with Gasteiger partial charge in [-0.25, -0.2) is 8.42 Å². The molecule has 6 nitrogen and oxygen atoms in total. The van der Waals surface area contributed by atoms with Crippen molar-refractivity contribution in [2.45, 2.75) is 18.7 Å². The summed E-state index contributed by atoms with van der Waals surface area (Å²) < 4.78 is 31.3. The van der Waals surface area contributed by atoms with Crippen molar-refractivity contribution in [2.24, 2.45) is 0 Å². The molecule has 0 saturated carbocycles. The number of benzene rings is 1. The largest absolute Gasteiger partial charge is 0.398 e. The standard InChI is InChI=1S/C13H22N2O4S/c1-10-8-12(14)13(9-11(10)2)20(17,18)15(4-6-16)5-7-19-3/h8-9,16H,4-7,14H2,1-3H3. The second-order valence-electron chi connectivity index (χ2n) is 4.59.